The zero-order valence-corrected chi connectivity index (χ0v) is 13.2. The number of likely N-dealkylation sites (N-methyl/N-ethyl adjacent to an activating group) is 1. The summed E-state index contributed by atoms with van der Waals surface area (Å²) in [4.78, 5) is 13.8. The first-order chi connectivity index (χ1) is 9.75. The first-order valence-corrected chi connectivity index (χ1v) is 8.19. The second-order valence-electron chi connectivity index (χ2n) is 5.30. The van der Waals surface area contributed by atoms with Crippen molar-refractivity contribution < 1.29 is 23.1 Å². The molecule has 7 nitrogen and oxygen atoms in total. The first kappa shape index (κ1) is 16.0. The first-order valence-electron chi connectivity index (χ1n) is 6.75. The molecule has 8 heteroatoms. The lowest BCUT2D eigenvalue weighted by atomic mass is 10.2. The van der Waals surface area contributed by atoms with Gasteiger partial charge in [-0.1, -0.05) is 0 Å². The summed E-state index contributed by atoms with van der Waals surface area (Å²) in [6, 6.07) is 0. The van der Waals surface area contributed by atoms with Gasteiger partial charge >= 0.3 is 5.97 Å². The van der Waals surface area contributed by atoms with Crippen molar-refractivity contribution in [1.29, 1.82) is 0 Å². The van der Waals surface area contributed by atoms with E-state index in [4.69, 9.17) is 9.84 Å². The minimum absolute atomic E-state index is 0.0420. The van der Waals surface area contributed by atoms with Crippen LogP contribution in [0, 0.1) is 13.8 Å². The topological polar surface area (TPSA) is 99.7 Å². The van der Waals surface area contributed by atoms with Gasteiger partial charge in [0, 0.05) is 31.5 Å². The van der Waals surface area contributed by atoms with Crippen molar-refractivity contribution in [2.75, 3.05) is 20.2 Å². The van der Waals surface area contributed by atoms with E-state index < -0.39 is 16.0 Å². The Bertz CT molecular complexity index is 644. The third kappa shape index (κ3) is 2.97. The Balaban J connectivity index is 2.32. The van der Waals surface area contributed by atoms with Crippen LogP contribution in [-0.4, -0.2) is 55.1 Å². The second-order valence-corrected chi connectivity index (χ2v) is 7.29. The summed E-state index contributed by atoms with van der Waals surface area (Å²) < 4.78 is 32.0. The number of hydrogen-bond donors (Lipinski definition) is 2. The fraction of sp³-hybridized carbons (Fsp3) is 0.615. The normalized spacial score (nSPS) is 19.3. The molecule has 2 N–H and O–H groups in total. The zero-order valence-electron chi connectivity index (χ0n) is 12.3. The number of carboxylic acid groups (broad SMARTS) is 1. The van der Waals surface area contributed by atoms with E-state index in [2.05, 4.69) is 4.98 Å². The molecule has 1 atom stereocenters. The van der Waals surface area contributed by atoms with Crippen LogP contribution in [0.3, 0.4) is 0 Å². The third-order valence-electron chi connectivity index (χ3n) is 3.74. The number of aromatic carboxylic acids is 1. The van der Waals surface area contributed by atoms with Crippen molar-refractivity contribution in [1.82, 2.24) is 9.29 Å². The molecule has 1 unspecified atom stereocenters. The van der Waals surface area contributed by atoms with Gasteiger partial charge in [0.05, 0.1) is 6.10 Å². The Morgan fingerprint density at radius 3 is 2.62 bits per heavy atom. The highest BCUT2D eigenvalue weighted by Crippen LogP contribution is 2.26. The summed E-state index contributed by atoms with van der Waals surface area (Å²) in [5, 5.41) is 9.08. The van der Waals surface area contributed by atoms with Crippen LogP contribution in [0.2, 0.25) is 0 Å². The predicted octanol–water partition coefficient (Wildman–Crippen LogP) is 1.13. The summed E-state index contributed by atoms with van der Waals surface area (Å²) in [5.74, 6) is -1.17. The van der Waals surface area contributed by atoms with E-state index in [1.54, 1.807) is 6.92 Å². The van der Waals surface area contributed by atoms with Crippen molar-refractivity contribution in [3.8, 4) is 0 Å². The number of aromatic nitrogens is 1. The number of sulfonamides is 1. The van der Waals surface area contributed by atoms with E-state index in [9.17, 15) is 13.2 Å². The number of nitrogens with zero attached hydrogens (tertiary/aromatic N) is 1. The van der Waals surface area contributed by atoms with Gasteiger partial charge < -0.3 is 14.8 Å². The highest BCUT2D eigenvalue weighted by atomic mass is 32.2. The number of carbonyl (C=O) groups is 1. The summed E-state index contributed by atoms with van der Waals surface area (Å²) in [6.07, 6.45) is 1.68. The maximum Gasteiger partial charge on any atom is 0.352 e. The fourth-order valence-corrected chi connectivity index (χ4v) is 4.26. The van der Waals surface area contributed by atoms with Gasteiger partial charge in [0.15, 0.2) is 0 Å². The van der Waals surface area contributed by atoms with Gasteiger partial charge in [0.2, 0.25) is 10.0 Å². The molecule has 1 aliphatic heterocycles. The monoisotopic (exact) mass is 316 g/mol. The van der Waals surface area contributed by atoms with Gasteiger partial charge in [-0.3, -0.25) is 0 Å². The highest BCUT2D eigenvalue weighted by molar-refractivity contribution is 7.89. The van der Waals surface area contributed by atoms with E-state index in [-0.39, 0.29) is 28.8 Å². The molecule has 0 spiro atoms. The Morgan fingerprint density at radius 1 is 1.48 bits per heavy atom. The van der Waals surface area contributed by atoms with Crippen molar-refractivity contribution in [2.45, 2.75) is 37.7 Å². The zero-order chi connectivity index (χ0) is 15.8. The SMILES string of the molecule is Cc1[nH]c(C(=O)O)c(C)c1S(=O)(=O)N(C)CC1CCCO1. The average molecular weight is 316 g/mol. The summed E-state index contributed by atoms with van der Waals surface area (Å²) in [6.45, 7) is 3.99. The fourth-order valence-electron chi connectivity index (χ4n) is 2.66. The number of rotatable bonds is 5. The third-order valence-corrected chi connectivity index (χ3v) is 5.83. The number of H-pyrrole nitrogens is 1. The molecule has 0 radical (unpaired) electrons. The maximum atomic E-state index is 12.7. The Hall–Kier alpha value is -1.38. The number of aromatic amines is 1. The van der Waals surface area contributed by atoms with E-state index in [0.717, 1.165) is 12.8 Å². The highest BCUT2D eigenvalue weighted by Gasteiger charge is 2.31. The molecule has 1 fully saturated rings. The molecule has 0 saturated carbocycles. The lowest BCUT2D eigenvalue weighted by Crippen LogP contribution is -2.34. The molecule has 118 valence electrons. The Labute approximate surface area is 124 Å². The minimum atomic E-state index is -3.74. The number of ether oxygens (including phenoxy) is 1. The largest absolute Gasteiger partial charge is 0.477 e. The average Bonchev–Trinajstić information content (AvgIpc) is 2.97. The van der Waals surface area contributed by atoms with Crippen LogP contribution >= 0.6 is 0 Å². The molecule has 0 aliphatic carbocycles. The van der Waals surface area contributed by atoms with Crippen molar-refractivity contribution in [2.24, 2.45) is 0 Å². The van der Waals surface area contributed by atoms with Gasteiger partial charge in [-0.2, -0.15) is 4.31 Å². The molecule has 21 heavy (non-hydrogen) atoms. The molecule has 1 aliphatic rings. The predicted molar refractivity (Wildman–Crippen MR) is 76.0 cm³/mol. The summed E-state index contributed by atoms with van der Waals surface area (Å²) in [5.41, 5.74) is 0.486. The van der Waals surface area contributed by atoms with E-state index in [1.807, 2.05) is 0 Å². The van der Waals surface area contributed by atoms with Crippen LogP contribution in [-0.2, 0) is 14.8 Å². The molecule has 1 saturated heterocycles. The van der Waals surface area contributed by atoms with Crippen LogP contribution in [0.25, 0.3) is 0 Å². The van der Waals surface area contributed by atoms with Crippen molar-refractivity contribution in [3.05, 3.63) is 17.0 Å². The van der Waals surface area contributed by atoms with Gasteiger partial charge in [-0.25, -0.2) is 13.2 Å². The van der Waals surface area contributed by atoms with Gasteiger partial charge in [-0.05, 0) is 26.7 Å². The number of aryl methyl sites for hydroxylation is 1. The number of hydrogen-bond acceptors (Lipinski definition) is 4. The molecular weight excluding hydrogens is 296 g/mol. The lowest BCUT2D eigenvalue weighted by molar-refractivity contribution is 0.0690. The molecule has 2 rings (SSSR count). The molecule has 0 bridgehead atoms. The maximum absolute atomic E-state index is 12.7. The smallest absolute Gasteiger partial charge is 0.352 e. The van der Waals surface area contributed by atoms with Crippen molar-refractivity contribution >= 4 is 16.0 Å². The van der Waals surface area contributed by atoms with Gasteiger partial charge in [0.1, 0.15) is 10.6 Å². The van der Waals surface area contributed by atoms with E-state index in [0.29, 0.717) is 12.3 Å². The summed E-state index contributed by atoms with van der Waals surface area (Å²) in [7, 11) is -2.25. The second kappa shape index (κ2) is 5.78. The van der Waals surface area contributed by atoms with Crippen LogP contribution in [0.5, 0.6) is 0 Å². The van der Waals surface area contributed by atoms with Crippen LogP contribution < -0.4 is 0 Å². The number of nitrogens with one attached hydrogen (secondary N) is 1. The quantitative estimate of drug-likeness (QED) is 0.848. The van der Waals surface area contributed by atoms with Crippen LogP contribution in [0.15, 0.2) is 4.90 Å². The van der Waals surface area contributed by atoms with E-state index >= 15 is 0 Å². The molecule has 1 aromatic heterocycles. The van der Waals surface area contributed by atoms with Gasteiger partial charge in [-0.15, -0.1) is 0 Å². The molecule has 0 aromatic carbocycles. The molecule has 0 amide bonds. The minimum Gasteiger partial charge on any atom is -0.477 e. The molecule has 1 aromatic rings. The van der Waals surface area contributed by atoms with Crippen LogP contribution in [0.4, 0.5) is 0 Å². The standard InChI is InChI=1S/C13H20N2O5S/c1-8-11(13(16)17)14-9(2)12(8)21(18,19)15(3)7-10-5-4-6-20-10/h10,14H,4-7H2,1-3H3,(H,16,17). The van der Waals surface area contributed by atoms with Crippen molar-refractivity contribution in [3.63, 3.8) is 0 Å². The van der Waals surface area contributed by atoms with Crippen LogP contribution in [0.1, 0.15) is 34.6 Å². The molecule has 2 heterocycles. The van der Waals surface area contributed by atoms with Gasteiger partial charge in [0.25, 0.3) is 0 Å². The molecular formula is C13H20N2O5S. The number of carboxylic acids is 1. The summed E-state index contributed by atoms with van der Waals surface area (Å²) >= 11 is 0. The lowest BCUT2D eigenvalue weighted by Gasteiger charge is -2.21. The Kier molecular flexibility index (Phi) is 4.40. The van der Waals surface area contributed by atoms with E-state index in [1.165, 1.54) is 18.3 Å². The Morgan fingerprint density at radius 2 is 2.14 bits per heavy atom.